The zero-order valence-corrected chi connectivity index (χ0v) is 14.0. The Kier molecular flexibility index (Phi) is 3.55. The Labute approximate surface area is 145 Å². The van der Waals surface area contributed by atoms with Crippen LogP contribution in [0.5, 0.6) is 17.5 Å². The first-order valence-corrected chi connectivity index (χ1v) is 8.13. The zero-order chi connectivity index (χ0) is 17.6. The molecule has 2 aromatic rings. The molecule has 128 valence electrons. The number of methoxy groups -OCH3 is 2. The molecule has 0 bridgehead atoms. The number of nitriles is 1. The first kappa shape index (κ1) is 15.7. The topological polar surface area (TPSA) is 84.6 Å². The van der Waals surface area contributed by atoms with E-state index in [2.05, 4.69) is 11.1 Å². The third kappa shape index (κ3) is 2.16. The van der Waals surface area contributed by atoms with Gasteiger partial charge in [0.1, 0.15) is 11.4 Å². The number of aromatic nitrogens is 1. The van der Waals surface area contributed by atoms with Crippen molar-refractivity contribution < 1.29 is 19.3 Å². The van der Waals surface area contributed by atoms with Crippen molar-refractivity contribution in [3.8, 4) is 23.6 Å². The number of rotatable bonds is 3. The van der Waals surface area contributed by atoms with Gasteiger partial charge in [0.25, 0.3) is 0 Å². The van der Waals surface area contributed by atoms with Crippen LogP contribution in [0.15, 0.2) is 30.3 Å². The Morgan fingerprint density at radius 1 is 1.28 bits per heavy atom. The number of aliphatic hydroxyl groups is 1. The molecule has 1 aliphatic heterocycles. The van der Waals surface area contributed by atoms with Crippen molar-refractivity contribution in [2.45, 2.75) is 30.5 Å². The highest BCUT2D eigenvalue weighted by Gasteiger charge is 2.58. The molecule has 4 rings (SSSR count). The van der Waals surface area contributed by atoms with Crippen molar-refractivity contribution in [3.63, 3.8) is 0 Å². The van der Waals surface area contributed by atoms with Crippen LogP contribution in [-0.4, -0.2) is 30.4 Å². The van der Waals surface area contributed by atoms with E-state index in [0.29, 0.717) is 35.9 Å². The van der Waals surface area contributed by atoms with E-state index >= 15 is 0 Å². The van der Waals surface area contributed by atoms with Gasteiger partial charge in [0, 0.05) is 6.07 Å². The van der Waals surface area contributed by atoms with Gasteiger partial charge >= 0.3 is 0 Å². The fourth-order valence-corrected chi connectivity index (χ4v) is 4.06. The summed E-state index contributed by atoms with van der Waals surface area (Å²) in [7, 11) is 3.08. The first-order valence-electron chi connectivity index (χ1n) is 8.13. The molecule has 6 nitrogen and oxygen atoms in total. The standard InChI is InChI=1S/C19H18N2O4/c1-23-15-9-14-16(18(21-15)24-2)17-13(22)7-8-19(17,25-14)12-5-3-11(10-20)4-6-12/h3-6,9,13,17,22H,7-8H2,1-2H3/t13-,17?,19+/m0/s1. The van der Waals surface area contributed by atoms with Gasteiger partial charge in [-0.15, -0.1) is 0 Å². The Hall–Kier alpha value is -2.78. The van der Waals surface area contributed by atoms with E-state index in [9.17, 15) is 5.11 Å². The molecular formula is C19H18N2O4. The highest BCUT2D eigenvalue weighted by molar-refractivity contribution is 5.55. The van der Waals surface area contributed by atoms with Crippen molar-refractivity contribution in [2.75, 3.05) is 14.2 Å². The minimum absolute atomic E-state index is 0.274. The van der Waals surface area contributed by atoms with Crippen LogP contribution in [0.1, 0.15) is 35.4 Å². The molecule has 0 amide bonds. The Morgan fingerprint density at radius 3 is 2.68 bits per heavy atom. The van der Waals surface area contributed by atoms with Gasteiger partial charge in [0.05, 0.1) is 43.4 Å². The van der Waals surface area contributed by atoms with Gasteiger partial charge in [-0.2, -0.15) is 10.2 Å². The molecule has 6 heteroatoms. The number of hydrogen-bond acceptors (Lipinski definition) is 6. The summed E-state index contributed by atoms with van der Waals surface area (Å²) < 4.78 is 17.1. The molecule has 1 fully saturated rings. The minimum atomic E-state index is -0.683. The molecule has 25 heavy (non-hydrogen) atoms. The third-order valence-electron chi connectivity index (χ3n) is 5.17. The van der Waals surface area contributed by atoms with Gasteiger partial charge in [-0.05, 0) is 30.5 Å². The van der Waals surface area contributed by atoms with Crippen molar-refractivity contribution in [1.82, 2.24) is 4.98 Å². The van der Waals surface area contributed by atoms with Gasteiger partial charge in [0.2, 0.25) is 11.8 Å². The lowest BCUT2D eigenvalue weighted by atomic mass is 9.81. The lowest BCUT2D eigenvalue weighted by molar-refractivity contribution is 0.0587. The van der Waals surface area contributed by atoms with Crippen molar-refractivity contribution >= 4 is 0 Å². The average Bonchev–Trinajstić information content (AvgIpc) is 3.16. The second-order valence-corrected chi connectivity index (χ2v) is 6.35. The van der Waals surface area contributed by atoms with E-state index in [1.54, 1.807) is 25.3 Å². The Bertz CT molecular complexity index is 859. The van der Waals surface area contributed by atoms with E-state index in [1.807, 2.05) is 12.1 Å². The predicted molar refractivity (Wildman–Crippen MR) is 88.8 cm³/mol. The van der Waals surface area contributed by atoms with Gasteiger partial charge in [-0.3, -0.25) is 0 Å². The summed E-state index contributed by atoms with van der Waals surface area (Å²) in [4.78, 5) is 4.35. The molecule has 0 spiro atoms. The fraction of sp³-hybridized carbons (Fsp3) is 0.368. The summed E-state index contributed by atoms with van der Waals surface area (Å²) in [5.41, 5.74) is 1.62. The lowest BCUT2D eigenvalue weighted by Gasteiger charge is -2.30. The van der Waals surface area contributed by atoms with E-state index in [4.69, 9.17) is 19.5 Å². The number of aliphatic hydroxyl groups excluding tert-OH is 1. The Balaban J connectivity index is 1.88. The van der Waals surface area contributed by atoms with Crippen LogP contribution in [0.25, 0.3) is 0 Å². The maximum atomic E-state index is 10.7. The molecule has 1 aromatic heterocycles. The van der Waals surface area contributed by atoms with Crippen LogP contribution in [0, 0.1) is 11.3 Å². The van der Waals surface area contributed by atoms with Gasteiger partial charge < -0.3 is 19.3 Å². The predicted octanol–water partition coefficient (Wildman–Crippen LogP) is 2.50. The molecule has 0 saturated heterocycles. The van der Waals surface area contributed by atoms with Crippen LogP contribution in [-0.2, 0) is 5.60 Å². The molecule has 2 heterocycles. The summed E-state index contributed by atoms with van der Waals surface area (Å²) in [5.74, 6) is 1.16. The molecule has 0 radical (unpaired) electrons. The molecule has 1 N–H and O–H groups in total. The van der Waals surface area contributed by atoms with Gasteiger partial charge in [-0.1, -0.05) is 12.1 Å². The summed E-state index contributed by atoms with van der Waals surface area (Å²) in [6.07, 6.45) is 0.741. The fourth-order valence-electron chi connectivity index (χ4n) is 4.06. The number of ether oxygens (including phenoxy) is 3. The van der Waals surface area contributed by atoms with Gasteiger partial charge in [0.15, 0.2) is 0 Å². The molecule has 2 aliphatic rings. The normalized spacial score (nSPS) is 26.3. The van der Waals surface area contributed by atoms with Crippen molar-refractivity contribution in [2.24, 2.45) is 0 Å². The number of benzene rings is 1. The molecule has 1 unspecified atom stereocenters. The van der Waals surface area contributed by atoms with Crippen LogP contribution in [0.3, 0.4) is 0 Å². The maximum absolute atomic E-state index is 10.7. The van der Waals surface area contributed by atoms with E-state index in [1.165, 1.54) is 7.11 Å². The van der Waals surface area contributed by atoms with E-state index < -0.39 is 11.7 Å². The van der Waals surface area contributed by atoms with Crippen molar-refractivity contribution in [3.05, 3.63) is 47.0 Å². The van der Waals surface area contributed by atoms with Crippen molar-refractivity contribution in [1.29, 1.82) is 5.26 Å². The lowest BCUT2D eigenvalue weighted by Crippen LogP contribution is -2.33. The number of pyridine rings is 1. The second kappa shape index (κ2) is 5.64. The summed E-state index contributed by atoms with van der Waals surface area (Å²) >= 11 is 0. The molecule has 1 aliphatic carbocycles. The summed E-state index contributed by atoms with van der Waals surface area (Å²) in [6, 6.07) is 11.2. The molecule has 1 saturated carbocycles. The SMILES string of the molecule is COc1cc2c(c(OC)n1)C1[C@@H](O)CC[C@]1(c1ccc(C#N)cc1)O2. The molecular weight excluding hydrogens is 320 g/mol. The minimum Gasteiger partial charge on any atom is -0.481 e. The van der Waals surface area contributed by atoms with Crippen LogP contribution < -0.4 is 14.2 Å². The molecule has 1 aromatic carbocycles. The summed E-state index contributed by atoms with van der Waals surface area (Å²) in [5, 5.41) is 19.7. The third-order valence-corrected chi connectivity index (χ3v) is 5.17. The van der Waals surface area contributed by atoms with Crippen LogP contribution >= 0.6 is 0 Å². The zero-order valence-electron chi connectivity index (χ0n) is 14.0. The highest BCUT2D eigenvalue weighted by atomic mass is 16.5. The van der Waals surface area contributed by atoms with E-state index in [0.717, 1.165) is 11.1 Å². The molecule has 3 atom stereocenters. The van der Waals surface area contributed by atoms with Crippen LogP contribution in [0.2, 0.25) is 0 Å². The highest BCUT2D eigenvalue weighted by Crippen LogP contribution is 2.61. The number of nitrogens with zero attached hydrogens (tertiary/aromatic N) is 2. The Morgan fingerprint density at radius 2 is 2.04 bits per heavy atom. The monoisotopic (exact) mass is 338 g/mol. The second-order valence-electron chi connectivity index (χ2n) is 6.35. The first-order chi connectivity index (χ1) is 12.1. The average molecular weight is 338 g/mol. The largest absolute Gasteiger partial charge is 0.481 e. The number of fused-ring (bicyclic) bond motifs is 3. The number of hydrogen-bond donors (Lipinski definition) is 1. The maximum Gasteiger partial charge on any atom is 0.223 e. The van der Waals surface area contributed by atoms with Gasteiger partial charge in [-0.25, -0.2) is 0 Å². The quantitative estimate of drug-likeness (QED) is 0.925. The smallest absolute Gasteiger partial charge is 0.223 e. The van der Waals surface area contributed by atoms with Crippen LogP contribution in [0.4, 0.5) is 0 Å². The summed E-state index contributed by atoms with van der Waals surface area (Å²) in [6.45, 7) is 0. The van der Waals surface area contributed by atoms with E-state index in [-0.39, 0.29) is 5.92 Å².